The second kappa shape index (κ2) is 8.82. The molecule has 8 nitrogen and oxygen atoms in total. The lowest BCUT2D eigenvalue weighted by Crippen LogP contribution is -2.37. The second-order valence-electron chi connectivity index (χ2n) is 8.40. The van der Waals surface area contributed by atoms with Crippen molar-refractivity contribution < 1.29 is 19.0 Å². The van der Waals surface area contributed by atoms with Crippen molar-refractivity contribution in [2.24, 2.45) is 0 Å². The first-order chi connectivity index (χ1) is 16.5. The minimum Gasteiger partial charge on any atom is -0.457 e. The number of halogens is 1. The molecule has 9 heteroatoms. The number of esters is 1. The van der Waals surface area contributed by atoms with E-state index in [2.05, 4.69) is 20.2 Å². The van der Waals surface area contributed by atoms with E-state index >= 15 is 0 Å². The highest BCUT2D eigenvalue weighted by Gasteiger charge is 2.30. The molecule has 172 valence electrons. The fourth-order valence-corrected chi connectivity index (χ4v) is 4.62. The SMILES string of the molecule is Cc1c(C(CO)N2CCc3nc(Nc4ccc(C#N)c(F)c4)ncc3C2)ccc2c1COC2=O. The molecule has 0 radical (unpaired) electrons. The molecule has 5 rings (SSSR count). The van der Waals surface area contributed by atoms with Crippen LogP contribution >= 0.6 is 0 Å². The molecule has 2 aliphatic rings. The Balaban J connectivity index is 1.35. The standard InChI is InChI=1S/C25H22FN5O3/c1-14-18(4-5-19-20(14)13-34-24(19)33)23(12-32)31-7-6-22-16(11-31)10-28-25(30-22)29-17-3-2-15(9-27)21(26)8-17/h2-5,8,10,23,32H,6-7,11-13H2,1H3,(H,28,29,30). The van der Waals surface area contributed by atoms with Gasteiger partial charge < -0.3 is 15.2 Å². The zero-order chi connectivity index (χ0) is 23.8. The number of carbonyl (C=O) groups is 1. The maximum Gasteiger partial charge on any atom is 0.338 e. The number of cyclic esters (lactones) is 1. The highest BCUT2D eigenvalue weighted by molar-refractivity contribution is 5.94. The van der Waals surface area contributed by atoms with Gasteiger partial charge in [-0.2, -0.15) is 5.26 Å². The number of hydrogen-bond acceptors (Lipinski definition) is 8. The highest BCUT2D eigenvalue weighted by Crippen LogP contribution is 2.33. The van der Waals surface area contributed by atoms with E-state index in [4.69, 9.17) is 10.00 Å². The van der Waals surface area contributed by atoms with Gasteiger partial charge in [-0.05, 0) is 42.3 Å². The van der Waals surface area contributed by atoms with Gasteiger partial charge in [0.1, 0.15) is 18.5 Å². The van der Waals surface area contributed by atoms with Gasteiger partial charge in [-0.1, -0.05) is 6.07 Å². The van der Waals surface area contributed by atoms with Crippen LogP contribution in [0.25, 0.3) is 0 Å². The summed E-state index contributed by atoms with van der Waals surface area (Å²) in [6, 6.07) is 9.51. The first kappa shape index (κ1) is 21.9. The number of nitrogens with zero attached hydrogens (tertiary/aromatic N) is 4. The van der Waals surface area contributed by atoms with Gasteiger partial charge in [0.25, 0.3) is 0 Å². The quantitative estimate of drug-likeness (QED) is 0.559. The molecule has 1 atom stereocenters. The van der Waals surface area contributed by atoms with Gasteiger partial charge in [-0.15, -0.1) is 0 Å². The van der Waals surface area contributed by atoms with E-state index in [0.29, 0.717) is 36.7 Å². The summed E-state index contributed by atoms with van der Waals surface area (Å²) in [5, 5.41) is 22.1. The van der Waals surface area contributed by atoms with Crippen molar-refractivity contribution in [2.45, 2.75) is 32.5 Å². The van der Waals surface area contributed by atoms with Crippen LogP contribution < -0.4 is 5.32 Å². The van der Waals surface area contributed by atoms with E-state index in [1.165, 1.54) is 12.1 Å². The van der Waals surface area contributed by atoms with Crippen molar-refractivity contribution in [1.29, 1.82) is 5.26 Å². The summed E-state index contributed by atoms with van der Waals surface area (Å²) >= 11 is 0. The largest absolute Gasteiger partial charge is 0.457 e. The van der Waals surface area contributed by atoms with Gasteiger partial charge in [-0.25, -0.2) is 19.2 Å². The van der Waals surface area contributed by atoms with Gasteiger partial charge in [0.2, 0.25) is 5.95 Å². The van der Waals surface area contributed by atoms with Gasteiger partial charge in [0.15, 0.2) is 0 Å². The monoisotopic (exact) mass is 459 g/mol. The van der Waals surface area contributed by atoms with Crippen molar-refractivity contribution in [3.8, 4) is 6.07 Å². The number of aliphatic hydroxyl groups excluding tert-OH is 1. The van der Waals surface area contributed by atoms with Crippen molar-refractivity contribution in [1.82, 2.24) is 14.9 Å². The molecule has 0 aliphatic carbocycles. The van der Waals surface area contributed by atoms with Crippen molar-refractivity contribution in [3.05, 3.63) is 81.4 Å². The molecule has 2 N–H and O–H groups in total. The smallest absolute Gasteiger partial charge is 0.338 e. The lowest BCUT2D eigenvalue weighted by molar-refractivity contribution is 0.0534. The van der Waals surface area contributed by atoms with Crippen molar-refractivity contribution in [3.63, 3.8) is 0 Å². The lowest BCUT2D eigenvalue weighted by atomic mass is 9.92. The van der Waals surface area contributed by atoms with Crippen LogP contribution in [0, 0.1) is 24.1 Å². The molecule has 34 heavy (non-hydrogen) atoms. The number of benzene rings is 2. The molecule has 0 saturated heterocycles. The third-order valence-corrected chi connectivity index (χ3v) is 6.49. The van der Waals surface area contributed by atoms with Crippen LogP contribution in [-0.2, 0) is 24.3 Å². The molecule has 0 bridgehead atoms. The van der Waals surface area contributed by atoms with Crippen LogP contribution in [0.3, 0.4) is 0 Å². The van der Waals surface area contributed by atoms with Crippen molar-refractivity contribution >= 4 is 17.6 Å². The van der Waals surface area contributed by atoms with Crippen LogP contribution in [0.15, 0.2) is 36.5 Å². The summed E-state index contributed by atoms with van der Waals surface area (Å²) in [4.78, 5) is 23.0. The first-order valence-corrected chi connectivity index (χ1v) is 10.9. The Bertz CT molecular complexity index is 1340. The Kier molecular flexibility index (Phi) is 5.69. The number of nitrogens with one attached hydrogen (secondary N) is 1. The highest BCUT2D eigenvalue weighted by atomic mass is 19.1. The van der Waals surface area contributed by atoms with Crippen LogP contribution in [0.5, 0.6) is 0 Å². The molecule has 1 unspecified atom stereocenters. The molecule has 0 saturated carbocycles. The zero-order valence-corrected chi connectivity index (χ0v) is 18.5. The van der Waals surface area contributed by atoms with Gasteiger partial charge in [0, 0.05) is 42.5 Å². The molecule has 2 aliphatic heterocycles. The second-order valence-corrected chi connectivity index (χ2v) is 8.40. The minimum atomic E-state index is -0.603. The van der Waals surface area contributed by atoms with Gasteiger partial charge >= 0.3 is 5.97 Å². The number of nitriles is 1. The molecule has 3 aromatic rings. The zero-order valence-electron chi connectivity index (χ0n) is 18.5. The molecule has 0 spiro atoms. The number of hydrogen-bond donors (Lipinski definition) is 2. The van der Waals surface area contributed by atoms with Crippen LogP contribution in [0.4, 0.5) is 16.0 Å². The molecule has 3 heterocycles. The molecular formula is C25H22FN5O3. The number of rotatable bonds is 5. The Morgan fingerprint density at radius 3 is 2.97 bits per heavy atom. The van der Waals surface area contributed by atoms with E-state index in [-0.39, 0.29) is 30.8 Å². The van der Waals surface area contributed by atoms with E-state index in [0.717, 1.165) is 27.9 Å². The van der Waals surface area contributed by atoms with E-state index in [1.54, 1.807) is 24.4 Å². The Morgan fingerprint density at radius 2 is 2.21 bits per heavy atom. The van der Waals surface area contributed by atoms with E-state index in [1.807, 2.05) is 13.0 Å². The first-order valence-electron chi connectivity index (χ1n) is 10.9. The molecular weight excluding hydrogens is 437 g/mol. The summed E-state index contributed by atoms with van der Waals surface area (Å²) < 4.78 is 19.1. The van der Waals surface area contributed by atoms with E-state index < -0.39 is 5.82 Å². The van der Waals surface area contributed by atoms with Gasteiger partial charge in [-0.3, -0.25) is 4.90 Å². The third-order valence-electron chi connectivity index (χ3n) is 6.49. The fourth-order valence-electron chi connectivity index (χ4n) is 4.62. The van der Waals surface area contributed by atoms with Crippen LogP contribution in [0.2, 0.25) is 0 Å². The number of aromatic nitrogens is 2. The number of aliphatic hydroxyl groups is 1. The molecule has 1 aromatic heterocycles. The predicted molar refractivity (Wildman–Crippen MR) is 121 cm³/mol. The maximum atomic E-state index is 13.9. The van der Waals surface area contributed by atoms with E-state index in [9.17, 15) is 14.3 Å². The number of fused-ring (bicyclic) bond motifs is 2. The predicted octanol–water partition coefficient (Wildman–Crippen LogP) is 3.30. The fraction of sp³-hybridized carbons (Fsp3) is 0.280. The Hall–Kier alpha value is -3.87. The molecule has 0 amide bonds. The van der Waals surface area contributed by atoms with Crippen LogP contribution in [-0.4, -0.2) is 39.1 Å². The summed E-state index contributed by atoms with van der Waals surface area (Å²) in [5.41, 5.74) is 5.72. The van der Waals surface area contributed by atoms with Gasteiger partial charge in [0.05, 0.1) is 29.5 Å². The number of anilines is 2. The average molecular weight is 459 g/mol. The summed E-state index contributed by atoms with van der Waals surface area (Å²) in [7, 11) is 0. The van der Waals surface area contributed by atoms with Crippen molar-refractivity contribution in [2.75, 3.05) is 18.5 Å². The normalized spacial score (nSPS) is 15.8. The number of ether oxygens (including phenoxy) is 1. The summed E-state index contributed by atoms with van der Waals surface area (Å²) in [6.07, 6.45) is 2.41. The summed E-state index contributed by atoms with van der Waals surface area (Å²) in [6.45, 7) is 3.42. The lowest BCUT2D eigenvalue weighted by Gasteiger charge is -2.35. The molecule has 2 aromatic carbocycles. The third kappa shape index (κ3) is 3.87. The Morgan fingerprint density at radius 1 is 1.35 bits per heavy atom. The topological polar surface area (TPSA) is 111 Å². The number of carbonyl (C=O) groups excluding carboxylic acids is 1. The Labute approximate surface area is 195 Å². The summed E-state index contributed by atoms with van der Waals surface area (Å²) in [5.74, 6) is -0.550. The molecule has 0 fully saturated rings. The minimum absolute atomic E-state index is 0.0202. The average Bonchev–Trinajstić information content (AvgIpc) is 3.22. The van der Waals surface area contributed by atoms with Crippen LogP contribution in [0.1, 0.15) is 49.9 Å². The maximum absolute atomic E-state index is 13.9.